The van der Waals surface area contributed by atoms with Gasteiger partial charge in [0.25, 0.3) is 5.91 Å². The van der Waals surface area contributed by atoms with Gasteiger partial charge in [-0.2, -0.15) is 5.26 Å². The molecule has 0 N–H and O–H groups in total. The van der Waals surface area contributed by atoms with Gasteiger partial charge < -0.3 is 4.57 Å². The fourth-order valence-corrected chi connectivity index (χ4v) is 3.89. The Morgan fingerprint density at radius 1 is 1.41 bits per heavy atom. The molecular weight excluding hydrogens is 314 g/mol. The molecule has 110 valence electrons. The van der Waals surface area contributed by atoms with Crippen molar-refractivity contribution in [3.8, 4) is 6.07 Å². The van der Waals surface area contributed by atoms with Gasteiger partial charge in [-0.3, -0.25) is 9.69 Å². The van der Waals surface area contributed by atoms with Crippen molar-refractivity contribution >= 4 is 51.2 Å². The van der Waals surface area contributed by atoms with Crippen LogP contribution in [0.5, 0.6) is 0 Å². The van der Waals surface area contributed by atoms with Gasteiger partial charge >= 0.3 is 0 Å². The molecule has 0 unspecified atom stereocenters. The van der Waals surface area contributed by atoms with E-state index >= 15 is 0 Å². The summed E-state index contributed by atoms with van der Waals surface area (Å²) >= 11 is 6.56. The minimum absolute atomic E-state index is 0.0467. The van der Waals surface area contributed by atoms with Gasteiger partial charge in [-0.15, -0.1) is 0 Å². The summed E-state index contributed by atoms with van der Waals surface area (Å²) in [5.41, 5.74) is 1.92. The molecule has 1 aromatic carbocycles. The number of nitriles is 1. The van der Waals surface area contributed by atoms with E-state index in [4.69, 9.17) is 17.5 Å². The first-order chi connectivity index (χ1) is 10.7. The third kappa shape index (κ3) is 2.43. The van der Waals surface area contributed by atoms with Crippen molar-refractivity contribution in [1.82, 2.24) is 9.47 Å². The van der Waals surface area contributed by atoms with Gasteiger partial charge in [0.1, 0.15) is 10.9 Å². The maximum atomic E-state index is 12.3. The van der Waals surface area contributed by atoms with E-state index < -0.39 is 0 Å². The molecule has 1 aliphatic heterocycles. The van der Waals surface area contributed by atoms with Crippen LogP contribution in [0.2, 0.25) is 0 Å². The molecule has 0 bridgehead atoms. The molecule has 2 aromatic rings. The SMILES string of the molecule is CCN1C(=O)/C(=C/c2cn(CC#N)c3ccccc23)SC1=S. The van der Waals surface area contributed by atoms with Crippen molar-refractivity contribution in [3.63, 3.8) is 0 Å². The zero-order valence-corrected chi connectivity index (χ0v) is 13.6. The number of hydrogen-bond acceptors (Lipinski definition) is 4. The van der Waals surface area contributed by atoms with Gasteiger partial charge in [0.2, 0.25) is 0 Å². The van der Waals surface area contributed by atoms with Crippen LogP contribution in [-0.4, -0.2) is 26.2 Å². The molecule has 1 saturated heterocycles. The fraction of sp³-hybridized carbons (Fsp3) is 0.188. The summed E-state index contributed by atoms with van der Waals surface area (Å²) in [6, 6.07) is 10.0. The minimum atomic E-state index is -0.0467. The monoisotopic (exact) mass is 327 g/mol. The van der Waals surface area contributed by atoms with Gasteiger partial charge in [-0.1, -0.05) is 42.2 Å². The van der Waals surface area contributed by atoms with Gasteiger partial charge in [-0.05, 0) is 19.1 Å². The van der Waals surface area contributed by atoms with Crippen LogP contribution in [-0.2, 0) is 11.3 Å². The smallest absolute Gasteiger partial charge is 0.266 e. The Morgan fingerprint density at radius 2 is 2.18 bits per heavy atom. The molecule has 0 radical (unpaired) electrons. The largest absolute Gasteiger partial charge is 0.333 e. The fourth-order valence-electron chi connectivity index (χ4n) is 2.51. The lowest BCUT2D eigenvalue weighted by atomic mass is 10.1. The summed E-state index contributed by atoms with van der Waals surface area (Å²) in [6.07, 6.45) is 3.78. The quantitative estimate of drug-likeness (QED) is 0.640. The van der Waals surface area contributed by atoms with Crippen LogP contribution in [0.25, 0.3) is 17.0 Å². The van der Waals surface area contributed by atoms with Crippen molar-refractivity contribution in [2.75, 3.05) is 6.54 Å². The zero-order chi connectivity index (χ0) is 15.7. The molecule has 0 spiro atoms. The lowest BCUT2D eigenvalue weighted by molar-refractivity contribution is -0.121. The number of nitrogens with zero attached hydrogens (tertiary/aromatic N) is 3. The Kier molecular flexibility index (Phi) is 4.01. The average molecular weight is 327 g/mol. The Bertz CT molecular complexity index is 845. The van der Waals surface area contributed by atoms with Gasteiger partial charge in [0.05, 0.1) is 11.0 Å². The van der Waals surface area contributed by atoms with Gasteiger partial charge in [-0.25, -0.2) is 0 Å². The summed E-state index contributed by atoms with van der Waals surface area (Å²) in [5.74, 6) is -0.0467. The van der Waals surface area contributed by atoms with E-state index in [2.05, 4.69) is 6.07 Å². The summed E-state index contributed by atoms with van der Waals surface area (Å²) < 4.78 is 2.49. The van der Waals surface area contributed by atoms with Crippen molar-refractivity contribution in [1.29, 1.82) is 5.26 Å². The Labute approximate surface area is 138 Å². The zero-order valence-electron chi connectivity index (χ0n) is 11.9. The van der Waals surface area contributed by atoms with E-state index in [1.165, 1.54) is 11.8 Å². The maximum absolute atomic E-state index is 12.3. The lowest BCUT2D eigenvalue weighted by Gasteiger charge is -2.09. The van der Waals surface area contributed by atoms with Crippen molar-refractivity contribution in [3.05, 3.63) is 40.9 Å². The van der Waals surface area contributed by atoms with E-state index in [-0.39, 0.29) is 12.5 Å². The number of thioether (sulfide) groups is 1. The van der Waals surface area contributed by atoms with Crippen molar-refractivity contribution in [2.24, 2.45) is 0 Å². The van der Waals surface area contributed by atoms with E-state index in [1.54, 1.807) is 4.90 Å². The van der Waals surface area contributed by atoms with Crippen LogP contribution in [0, 0.1) is 11.3 Å². The van der Waals surface area contributed by atoms with Crippen molar-refractivity contribution < 1.29 is 4.79 Å². The number of carbonyl (C=O) groups is 1. The van der Waals surface area contributed by atoms with Crippen LogP contribution >= 0.6 is 24.0 Å². The molecule has 4 nitrogen and oxygen atoms in total. The summed E-state index contributed by atoms with van der Waals surface area (Å²) in [5, 5.41) is 9.98. The topological polar surface area (TPSA) is 49.0 Å². The molecule has 6 heteroatoms. The van der Waals surface area contributed by atoms with Crippen LogP contribution in [0.4, 0.5) is 0 Å². The highest BCUT2D eigenvalue weighted by atomic mass is 32.2. The number of benzene rings is 1. The highest BCUT2D eigenvalue weighted by Crippen LogP contribution is 2.34. The second-order valence-electron chi connectivity index (χ2n) is 4.81. The van der Waals surface area contributed by atoms with E-state index in [1.807, 2.05) is 48.0 Å². The molecule has 2 heterocycles. The first-order valence-electron chi connectivity index (χ1n) is 6.86. The highest BCUT2D eigenvalue weighted by Gasteiger charge is 2.30. The normalized spacial score (nSPS) is 16.7. The van der Waals surface area contributed by atoms with Crippen LogP contribution < -0.4 is 0 Å². The first-order valence-corrected chi connectivity index (χ1v) is 8.08. The predicted octanol–water partition coefficient (Wildman–Crippen LogP) is 3.39. The Balaban J connectivity index is 2.08. The van der Waals surface area contributed by atoms with E-state index in [0.717, 1.165) is 16.5 Å². The molecular formula is C16H13N3OS2. The maximum Gasteiger partial charge on any atom is 0.266 e. The number of fused-ring (bicyclic) bond motifs is 1. The molecule has 1 fully saturated rings. The number of thiocarbonyl (C=S) groups is 1. The molecule has 0 atom stereocenters. The molecule has 1 aliphatic rings. The van der Waals surface area contributed by atoms with Gasteiger partial charge in [0, 0.05) is 29.2 Å². The number of hydrogen-bond donors (Lipinski definition) is 0. The van der Waals surface area contributed by atoms with Crippen molar-refractivity contribution in [2.45, 2.75) is 13.5 Å². The van der Waals surface area contributed by atoms with Gasteiger partial charge in [0.15, 0.2) is 0 Å². The minimum Gasteiger partial charge on any atom is -0.333 e. The number of rotatable bonds is 3. The second kappa shape index (κ2) is 5.95. The predicted molar refractivity (Wildman–Crippen MR) is 93.1 cm³/mol. The summed E-state index contributed by atoms with van der Waals surface area (Å²) in [4.78, 5) is 14.5. The second-order valence-corrected chi connectivity index (χ2v) is 6.49. The molecule has 3 rings (SSSR count). The standard InChI is InChI=1S/C16H13N3OS2/c1-2-19-15(20)14(22-16(19)21)9-11-10-18(8-7-17)13-6-4-3-5-12(11)13/h3-6,9-10H,2,8H2,1H3/b14-9-. The number of amides is 1. The van der Waals surface area contributed by atoms with Crippen LogP contribution in [0.1, 0.15) is 12.5 Å². The van der Waals surface area contributed by atoms with E-state index in [0.29, 0.717) is 15.8 Å². The van der Waals surface area contributed by atoms with Crippen LogP contribution in [0.15, 0.2) is 35.4 Å². The average Bonchev–Trinajstić information content (AvgIpc) is 2.99. The molecule has 1 amide bonds. The molecule has 22 heavy (non-hydrogen) atoms. The number of likely N-dealkylation sites (N-methyl/N-ethyl adjacent to an activating group) is 1. The molecule has 0 saturated carbocycles. The summed E-state index contributed by atoms with van der Waals surface area (Å²) in [7, 11) is 0. The number of carbonyl (C=O) groups excluding carboxylic acids is 1. The number of aromatic nitrogens is 1. The summed E-state index contributed by atoms with van der Waals surface area (Å²) in [6.45, 7) is 2.77. The van der Waals surface area contributed by atoms with E-state index in [9.17, 15) is 4.79 Å². The Morgan fingerprint density at radius 3 is 2.86 bits per heavy atom. The van der Waals surface area contributed by atoms with Crippen LogP contribution in [0.3, 0.4) is 0 Å². The first kappa shape index (κ1) is 14.8. The highest BCUT2D eigenvalue weighted by molar-refractivity contribution is 8.26. The molecule has 0 aliphatic carbocycles. The Hall–Kier alpha value is -2.10. The molecule has 1 aromatic heterocycles. The lowest BCUT2D eigenvalue weighted by Crippen LogP contribution is -2.27. The third-order valence-corrected chi connectivity index (χ3v) is 4.91. The number of para-hydroxylation sites is 1. The third-order valence-electron chi connectivity index (χ3n) is 3.54.